The first-order valence-corrected chi connectivity index (χ1v) is 8.23. The zero-order valence-electron chi connectivity index (χ0n) is 13.0. The number of aliphatic hydroxyl groups excluding tert-OH is 1. The number of rotatable bonds is 5. The Kier molecular flexibility index (Phi) is 5.08. The second-order valence-corrected chi connectivity index (χ2v) is 6.08. The van der Waals surface area contributed by atoms with Gasteiger partial charge in [0.05, 0.1) is 6.04 Å². The molecular formula is C17H25N3O2. The van der Waals surface area contributed by atoms with Crippen molar-refractivity contribution >= 4 is 11.6 Å². The molecule has 1 unspecified atom stereocenters. The molecule has 120 valence electrons. The van der Waals surface area contributed by atoms with Gasteiger partial charge in [0.1, 0.15) is 0 Å². The van der Waals surface area contributed by atoms with Crippen LogP contribution >= 0.6 is 0 Å². The molecule has 2 heterocycles. The van der Waals surface area contributed by atoms with Gasteiger partial charge in [0.2, 0.25) is 5.91 Å². The molecule has 1 aromatic rings. The maximum Gasteiger partial charge on any atom is 0.244 e. The van der Waals surface area contributed by atoms with Gasteiger partial charge in [-0.15, -0.1) is 0 Å². The van der Waals surface area contributed by atoms with E-state index in [2.05, 4.69) is 9.80 Å². The molecule has 1 N–H and O–H groups in total. The smallest absolute Gasteiger partial charge is 0.244 e. The van der Waals surface area contributed by atoms with Crippen LogP contribution in [0.2, 0.25) is 0 Å². The van der Waals surface area contributed by atoms with Gasteiger partial charge in [-0.3, -0.25) is 9.69 Å². The minimum atomic E-state index is 0.0418. The van der Waals surface area contributed by atoms with Gasteiger partial charge in [-0.25, -0.2) is 0 Å². The third-order valence-corrected chi connectivity index (χ3v) is 4.73. The van der Waals surface area contributed by atoms with Crippen molar-refractivity contribution < 1.29 is 9.90 Å². The Labute approximate surface area is 132 Å². The number of amides is 1. The number of hydrogen-bond acceptors (Lipinski definition) is 4. The highest BCUT2D eigenvalue weighted by Crippen LogP contribution is 2.24. The summed E-state index contributed by atoms with van der Waals surface area (Å²) in [5.41, 5.74) is 1.01. The van der Waals surface area contributed by atoms with Crippen molar-refractivity contribution in [3.8, 4) is 0 Å². The van der Waals surface area contributed by atoms with E-state index in [0.29, 0.717) is 0 Å². The molecule has 0 saturated carbocycles. The van der Waals surface area contributed by atoms with Crippen LogP contribution in [0.3, 0.4) is 0 Å². The fraction of sp³-hybridized carbons (Fsp3) is 0.588. The average molecular weight is 303 g/mol. The number of anilines is 1. The van der Waals surface area contributed by atoms with Crippen molar-refractivity contribution in [3.63, 3.8) is 0 Å². The number of carbonyl (C=O) groups is 1. The minimum absolute atomic E-state index is 0.0418. The lowest BCUT2D eigenvalue weighted by atomic mass is 10.1. The molecule has 2 aliphatic rings. The molecule has 1 aromatic carbocycles. The van der Waals surface area contributed by atoms with Gasteiger partial charge >= 0.3 is 0 Å². The van der Waals surface area contributed by atoms with Gasteiger partial charge in [0.25, 0.3) is 0 Å². The number of piperazine rings is 1. The van der Waals surface area contributed by atoms with Crippen molar-refractivity contribution in [1.82, 2.24) is 9.80 Å². The van der Waals surface area contributed by atoms with Crippen LogP contribution in [0, 0.1) is 0 Å². The van der Waals surface area contributed by atoms with Crippen molar-refractivity contribution in [2.45, 2.75) is 18.9 Å². The highest BCUT2D eigenvalue weighted by atomic mass is 16.3. The molecule has 1 atom stereocenters. The summed E-state index contributed by atoms with van der Waals surface area (Å²) in [5.74, 6) is 0.245. The van der Waals surface area contributed by atoms with Crippen LogP contribution in [0.25, 0.3) is 0 Å². The van der Waals surface area contributed by atoms with E-state index in [9.17, 15) is 4.79 Å². The fourth-order valence-electron chi connectivity index (χ4n) is 3.46. The monoisotopic (exact) mass is 303 g/mol. The first-order valence-electron chi connectivity index (χ1n) is 8.23. The Morgan fingerprint density at radius 3 is 2.45 bits per heavy atom. The summed E-state index contributed by atoms with van der Waals surface area (Å²) in [6, 6.07) is 10.00. The van der Waals surface area contributed by atoms with Gasteiger partial charge in [-0.1, -0.05) is 18.2 Å². The number of nitrogens with zero attached hydrogens (tertiary/aromatic N) is 3. The Morgan fingerprint density at radius 1 is 1.05 bits per heavy atom. The maximum atomic E-state index is 12.7. The van der Waals surface area contributed by atoms with Crippen LogP contribution in [0.1, 0.15) is 12.8 Å². The highest BCUT2D eigenvalue weighted by molar-refractivity contribution is 5.99. The molecule has 0 aromatic heterocycles. The number of para-hydroxylation sites is 1. The van der Waals surface area contributed by atoms with Crippen molar-refractivity contribution in [1.29, 1.82) is 0 Å². The van der Waals surface area contributed by atoms with Crippen molar-refractivity contribution in [2.24, 2.45) is 0 Å². The first kappa shape index (κ1) is 15.5. The molecule has 0 aliphatic carbocycles. The van der Waals surface area contributed by atoms with E-state index in [0.717, 1.165) is 57.8 Å². The first-order chi connectivity index (χ1) is 10.8. The highest BCUT2D eigenvalue weighted by Gasteiger charge is 2.37. The number of aliphatic hydroxyl groups is 1. The van der Waals surface area contributed by atoms with E-state index in [1.54, 1.807) is 0 Å². The van der Waals surface area contributed by atoms with E-state index in [1.165, 1.54) is 0 Å². The summed E-state index contributed by atoms with van der Waals surface area (Å²) in [4.78, 5) is 19.3. The average Bonchev–Trinajstić information content (AvgIpc) is 2.96. The quantitative estimate of drug-likeness (QED) is 0.874. The number of hydrogen-bond donors (Lipinski definition) is 1. The number of benzene rings is 1. The molecule has 5 nitrogen and oxygen atoms in total. The van der Waals surface area contributed by atoms with Crippen LogP contribution in [0.4, 0.5) is 5.69 Å². The summed E-state index contributed by atoms with van der Waals surface area (Å²) in [5, 5.41) is 8.91. The van der Waals surface area contributed by atoms with Crippen LogP contribution in [0.5, 0.6) is 0 Å². The fourth-order valence-corrected chi connectivity index (χ4v) is 3.46. The van der Waals surface area contributed by atoms with Crippen molar-refractivity contribution in [3.05, 3.63) is 30.3 Å². The normalized spacial score (nSPS) is 24.1. The Bertz CT molecular complexity index is 486. The zero-order chi connectivity index (χ0) is 15.4. The molecule has 1 amide bonds. The van der Waals surface area contributed by atoms with Gasteiger partial charge < -0.3 is 14.9 Å². The van der Waals surface area contributed by atoms with Crippen molar-refractivity contribution in [2.75, 3.05) is 50.8 Å². The predicted octanol–water partition coefficient (Wildman–Crippen LogP) is 0.792. The van der Waals surface area contributed by atoms with Gasteiger partial charge in [0.15, 0.2) is 0 Å². The molecule has 5 heteroatoms. The lowest BCUT2D eigenvalue weighted by molar-refractivity contribution is -0.122. The van der Waals surface area contributed by atoms with Crippen LogP contribution in [0.15, 0.2) is 30.3 Å². The maximum absolute atomic E-state index is 12.7. The zero-order valence-corrected chi connectivity index (χ0v) is 13.0. The second kappa shape index (κ2) is 7.22. The summed E-state index contributed by atoms with van der Waals surface area (Å²) in [6.45, 7) is 5.92. The summed E-state index contributed by atoms with van der Waals surface area (Å²) < 4.78 is 0. The third-order valence-electron chi connectivity index (χ3n) is 4.73. The lowest BCUT2D eigenvalue weighted by Crippen LogP contribution is -2.52. The van der Waals surface area contributed by atoms with E-state index in [-0.39, 0.29) is 18.6 Å². The van der Waals surface area contributed by atoms with E-state index in [4.69, 9.17) is 5.11 Å². The SMILES string of the molecule is O=C1C(N2CCN(CCCO)CC2)CCN1c1ccccc1. The molecule has 0 radical (unpaired) electrons. The molecule has 2 saturated heterocycles. The Hall–Kier alpha value is -1.43. The summed E-state index contributed by atoms with van der Waals surface area (Å²) in [6.07, 6.45) is 1.76. The molecule has 3 rings (SSSR count). The standard InChI is InChI=1S/C17H25N3O2/c21-14-4-8-18-10-12-19(13-11-18)16-7-9-20(17(16)22)15-5-2-1-3-6-15/h1-3,5-6,16,21H,4,7-14H2. The Balaban J connectivity index is 1.55. The van der Waals surface area contributed by atoms with E-state index in [1.807, 2.05) is 35.2 Å². The molecular weight excluding hydrogens is 278 g/mol. The van der Waals surface area contributed by atoms with Crippen LogP contribution in [-0.2, 0) is 4.79 Å². The van der Waals surface area contributed by atoms with Crippen LogP contribution < -0.4 is 4.90 Å². The molecule has 0 spiro atoms. The van der Waals surface area contributed by atoms with Gasteiger partial charge in [0, 0.05) is 51.6 Å². The van der Waals surface area contributed by atoms with Gasteiger partial charge in [-0.2, -0.15) is 0 Å². The van der Waals surface area contributed by atoms with E-state index >= 15 is 0 Å². The molecule has 22 heavy (non-hydrogen) atoms. The topological polar surface area (TPSA) is 47.0 Å². The lowest BCUT2D eigenvalue weighted by Gasteiger charge is -2.37. The Morgan fingerprint density at radius 2 is 1.77 bits per heavy atom. The van der Waals surface area contributed by atoms with E-state index < -0.39 is 0 Å². The molecule has 0 bridgehead atoms. The van der Waals surface area contributed by atoms with Gasteiger partial charge in [-0.05, 0) is 25.0 Å². The molecule has 2 aliphatic heterocycles. The third kappa shape index (κ3) is 3.32. The minimum Gasteiger partial charge on any atom is -0.396 e. The largest absolute Gasteiger partial charge is 0.396 e. The summed E-state index contributed by atoms with van der Waals surface area (Å²) in [7, 11) is 0. The molecule has 2 fully saturated rings. The predicted molar refractivity (Wildman–Crippen MR) is 86.9 cm³/mol. The van der Waals surface area contributed by atoms with Crippen LogP contribution in [-0.4, -0.2) is 72.7 Å². The number of carbonyl (C=O) groups excluding carboxylic acids is 1. The summed E-state index contributed by atoms with van der Waals surface area (Å²) >= 11 is 0. The second-order valence-electron chi connectivity index (χ2n) is 6.08.